The van der Waals surface area contributed by atoms with Crippen molar-refractivity contribution in [1.82, 2.24) is 14.5 Å². The fourth-order valence-electron chi connectivity index (χ4n) is 3.23. The number of rotatable bonds is 3. The molecule has 0 fully saturated rings. The van der Waals surface area contributed by atoms with Crippen molar-refractivity contribution in [2.45, 2.75) is 12.6 Å². The quantitative estimate of drug-likeness (QED) is 0.624. The molecule has 1 aliphatic rings. The van der Waals surface area contributed by atoms with E-state index in [-0.39, 0.29) is 11.9 Å². The third-order valence-electron chi connectivity index (χ3n) is 4.44. The van der Waals surface area contributed by atoms with E-state index in [1.165, 1.54) is 0 Å². The van der Waals surface area contributed by atoms with Gasteiger partial charge in [0, 0.05) is 13.1 Å². The van der Waals surface area contributed by atoms with E-state index < -0.39 is 0 Å². The maximum absolute atomic E-state index is 13.0. The van der Waals surface area contributed by atoms with Crippen LogP contribution < -0.4 is 0 Å². The number of carbonyl (C=O) groups is 1. The average Bonchev–Trinajstić information content (AvgIpc) is 2.97. The summed E-state index contributed by atoms with van der Waals surface area (Å²) in [5, 5.41) is 0.868. The molecule has 1 amide bonds. The zero-order valence-electron chi connectivity index (χ0n) is 13.3. The molecule has 25 heavy (non-hydrogen) atoms. The van der Waals surface area contributed by atoms with Crippen molar-refractivity contribution in [3.8, 4) is 0 Å². The van der Waals surface area contributed by atoms with Gasteiger partial charge in [-0.1, -0.05) is 59.6 Å². The number of fused-ring (bicyclic) bond motifs is 3. The third kappa shape index (κ3) is 2.71. The highest BCUT2D eigenvalue weighted by Crippen LogP contribution is 2.33. The number of imidazole rings is 1. The monoisotopic (exact) mass is 371 g/mol. The average molecular weight is 372 g/mol. The Morgan fingerprint density at radius 2 is 1.92 bits per heavy atom. The van der Waals surface area contributed by atoms with Crippen molar-refractivity contribution >= 4 is 40.1 Å². The van der Waals surface area contributed by atoms with Crippen molar-refractivity contribution in [3.05, 3.63) is 76.6 Å². The van der Waals surface area contributed by atoms with Crippen molar-refractivity contribution in [1.29, 1.82) is 0 Å². The molecule has 0 unspecified atom stereocenters. The van der Waals surface area contributed by atoms with Gasteiger partial charge in [-0.15, -0.1) is 6.58 Å². The number of benzene rings is 2. The minimum absolute atomic E-state index is 0.0707. The van der Waals surface area contributed by atoms with Crippen LogP contribution in [0.15, 0.2) is 55.1 Å². The Balaban J connectivity index is 1.80. The minimum Gasteiger partial charge on any atom is -0.329 e. The highest BCUT2D eigenvalue weighted by molar-refractivity contribution is 6.42. The second kappa shape index (κ2) is 6.21. The van der Waals surface area contributed by atoms with Gasteiger partial charge < -0.3 is 9.47 Å². The summed E-state index contributed by atoms with van der Waals surface area (Å²) < 4.78 is 1.90. The zero-order valence-corrected chi connectivity index (χ0v) is 14.8. The smallest absolute Gasteiger partial charge is 0.290 e. The van der Waals surface area contributed by atoms with Gasteiger partial charge in [0.2, 0.25) is 5.82 Å². The van der Waals surface area contributed by atoms with E-state index in [0.29, 0.717) is 34.5 Å². The molecule has 6 heteroatoms. The summed E-state index contributed by atoms with van der Waals surface area (Å²) in [6.07, 6.45) is 1.83. The van der Waals surface area contributed by atoms with Crippen LogP contribution in [0.2, 0.25) is 10.0 Å². The molecule has 0 bridgehead atoms. The number of nitrogens with zero attached hydrogens (tertiary/aromatic N) is 3. The van der Waals surface area contributed by atoms with Crippen LogP contribution in [0.4, 0.5) is 0 Å². The van der Waals surface area contributed by atoms with E-state index in [1.54, 1.807) is 17.0 Å². The highest BCUT2D eigenvalue weighted by Gasteiger charge is 2.33. The van der Waals surface area contributed by atoms with Crippen LogP contribution in [0, 0.1) is 0 Å². The summed E-state index contributed by atoms with van der Waals surface area (Å²) in [5.41, 5.74) is 2.53. The molecule has 126 valence electrons. The van der Waals surface area contributed by atoms with Gasteiger partial charge in [-0.3, -0.25) is 4.79 Å². The molecule has 0 spiro atoms. The maximum atomic E-state index is 13.0. The van der Waals surface area contributed by atoms with Crippen LogP contribution in [0.25, 0.3) is 11.0 Å². The summed E-state index contributed by atoms with van der Waals surface area (Å²) in [5.74, 6) is 0.283. The van der Waals surface area contributed by atoms with E-state index in [9.17, 15) is 4.79 Å². The Bertz CT molecular complexity index is 981. The summed E-state index contributed by atoms with van der Waals surface area (Å²) in [4.78, 5) is 19.3. The first-order valence-corrected chi connectivity index (χ1v) is 8.67. The second-order valence-electron chi connectivity index (χ2n) is 6.03. The van der Waals surface area contributed by atoms with Crippen LogP contribution in [0.5, 0.6) is 0 Å². The summed E-state index contributed by atoms with van der Waals surface area (Å²) in [6, 6.07) is 13.3. The van der Waals surface area contributed by atoms with Gasteiger partial charge in [-0.05, 0) is 17.7 Å². The van der Waals surface area contributed by atoms with Crippen molar-refractivity contribution in [2.24, 2.45) is 0 Å². The lowest BCUT2D eigenvalue weighted by molar-refractivity contribution is 0.0668. The Kier molecular flexibility index (Phi) is 4.02. The minimum atomic E-state index is -0.106. The molecule has 1 aromatic heterocycles. The van der Waals surface area contributed by atoms with Gasteiger partial charge >= 0.3 is 0 Å². The first-order valence-electron chi connectivity index (χ1n) is 7.91. The van der Waals surface area contributed by atoms with Gasteiger partial charge in [0.05, 0.1) is 27.1 Å². The highest BCUT2D eigenvalue weighted by atomic mass is 35.5. The predicted octanol–water partition coefficient (Wildman–Crippen LogP) is 4.73. The largest absolute Gasteiger partial charge is 0.329 e. The van der Waals surface area contributed by atoms with Gasteiger partial charge in [0.1, 0.15) is 0 Å². The summed E-state index contributed by atoms with van der Waals surface area (Å²) >= 11 is 12.3. The Hall–Kier alpha value is -2.30. The molecule has 0 saturated heterocycles. The van der Waals surface area contributed by atoms with Crippen LogP contribution in [-0.2, 0) is 6.54 Å². The molecule has 3 aromatic rings. The molecule has 0 N–H and O–H groups in total. The van der Waals surface area contributed by atoms with Crippen molar-refractivity contribution in [3.63, 3.8) is 0 Å². The normalized spacial score (nSPS) is 17.0. The number of hydrogen-bond donors (Lipinski definition) is 0. The Morgan fingerprint density at radius 3 is 2.64 bits per heavy atom. The molecule has 2 aromatic carbocycles. The van der Waals surface area contributed by atoms with Gasteiger partial charge in [0.25, 0.3) is 5.91 Å². The molecule has 4 rings (SSSR count). The zero-order chi connectivity index (χ0) is 17.6. The molecular formula is C19H15Cl2N3O. The maximum Gasteiger partial charge on any atom is 0.290 e. The fraction of sp³-hybridized carbons (Fsp3) is 0.158. The van der Waals surface area contributed by atoms with Crippen molar-refractivity contribution < 1.29 is 4.79 Å². The van der Waals surface area contributed by atoms with Crippen LogP contribution in [0.1, 0.15) is 22.2 Å². The van der Waals surface area contributed by atoms with E-state index in [1.807, 2.05) is 41.0 Å². The lowest BCUT2D eigenvalue weighted by Crippen LogP contribution is -2.42. The molecule has 2 heterocycles. The topological polar surface area (TPSA) is 38.1 Å². The van der Waals surface area contributed by atoms with Crippen LogP contribution in [0.3, 0.4) is 0 Å². The molecule has 4 nitrogen and oxygen atoms in total. The van der Waals surface area contributed by atoms with Gasteiger partial charge in [0.15, 0.2) is 0 Å². The number of aromatic nitrogens is 2. The number of amides is 1. The lowest BCUT2D eigenvalue weighted by Gasteiger charge is -2.32. The SMILES string of the molecule is C=C[C@H]1CN(Cc2ccccc2)C(=O)c2nc3cc(Cl)c(Cl)cc3n21. The third-order valence-corrected chi connectivity index (χ3v) is 5.16. The van der Waals surface area contributed by atoms with Crippen LogP contribution >= 0.6 is 23.2 Å². The van der Waals surface area contributed by atoms with E-state index >= 15 is 0 Å². The molecule has 0 saturated carbocycles. The van der Waals surface area contributed by atoms with Gasteiger partial charge in [-0.25, -0.2) is 4.98 Å². The molecule has 1 atom stereocenters. The number of halogens is 2. The Labute approximate surface area is 155 Å². The van der Waals surface area contributed by atoms with E-state index in [4.69, 9.17) is 23.2 Å². The van der Waals surface area contributed by atoms with E-state index in [2.05, 4.69) is 11.6 Å². The summed E-state index contributed by atoms with van der Waals surface area (Å²) in [6.45, 7) is 5.00. The van der Waals surface area contributed by atoms with Gasteiger partial charge in [-0.2, -0.15) is 0 Å². The first-order chi connectivity index (χ1) is 12.1. The summed E-state index contributed by atoms with van der Waals surface area (Å²) in [7, 11) is 0. The molecule has 0 radical (unpaired) electrons. The molecule has 0 aliphatic carbocycles. The molecule has 1 aliphatic heterocycles. The van der Waals surface area contributed by atoms with Crippen molar-refractivity contribution in [2.75, 3.05) is 6.54 Å². The number of hydrogen-bond acceptors (Lipinski definition) is 2. The molecular weight excluding hydrogens is 357 g/mol. The number of carbonyl (C=O) groups excluding carboxylic acids is 1. The fourth-order valence-corrected chi connectivity index (χ4v) is 3.54. The van der Waals surface area contributed by atoms with Crippen LogP contribution in [-0.4, -0.2) is 26.9 Å². The second-order valence-corrected chi connectivity index (χ2v) is 6.85. The Morgan fingerprint density at radius 1 is 1.20 bits per heavy atom. The standard InChI is InChI=1S/C19H15Cl2N3O/c1-2-13-11-23(10-12-6-4-3-5-7-12)19(25)18-22-16-8-14(20)15(21)9-17(16)24(13)18/h2-9,13H,1,10-11H2/t13-/m0/s1. The predicted molar refractivity (Wildman–Crippen MR) is 100 cm³/mol. The lowest BCUT2D eigenvalue weighted by atomic mass is 10.1. The van der Waals surface area contributed by atoms with E-state index in [0.717, 1.165) is 11.1 Å². The first kappa shape index (κ1) is 16.2.